The highest BCUT2D eigenvalue weighted by Gasteiger charge is 2.11. The second-order valence-corrected chi connectivity index (χ2v) is 5.21. The average Bonchev–Trinajstić information content (AvgIpc) is 2.92. The van der Waals surface area contributed by atoms with Crippen molar-refractivity contribution in [3.8, 4) is 22.7 Å². The van der Waals surface area contributed by atoms with Gasteiger partial charge in [-0.2, -0.15) is 5.06 Å². The fourth-order valence-electron chi connectivity index (χ4n) is 1.47. The van der Waals surface area contributed by atoms with E-state index in [0.29, 0.717) is 10.1 Å². The van der Waals surface area contributed by atoms with Gasteiger partial charge in [0.2, 0.25) is 0 Å². The number of rotatable bonds is 3. The lowest BCUT2D eigenvalue weighted by molar-refractivity contribution is -0.0536. The molecule has 0 radical (unpaired) electrons. The summed E-state index contributed by atoms with van der Waals surface area (Å²) in [5.74, 6) is 6.35. The molecule has 0 aliphatic rings. The normalized spacial score (nSPS) is 11.1. The van der Waals surface area contributed by atoms with Crippen LogP contribution in [-0.2, 0) is 0 Å². The van der Waals surface area contributed by atoms with Crippen molar-refractivity contribution in [2.45, 2.75) is 13.0 Å². The van der Waals surface area contributed by atoms with E-state index >= 15 is 0 Å². The molecule has 0 aliphatic heterocycles. The molecule has 1 atom stereocenters. The molecule has 21 heavy (non-hydrogen) atoms. The molecule has 0 bridgehead atoms. The molecule has 3 N–H and O–H groups in total. The van der Waals surface area contributed by atoms with E-state index in [1.165, 1.54) is 11.3 Å². The van der Waals surface area contributed by atoms with E-state index in [1.54, 1.807) is 6.92 Å². The number of benzene rings is 1. The van der Waals surface area contributed by atoms with Gasteiger partial charge in [-0.15, -0.1) is 0 Å². The van der Waals surface area contributed by atoms with Gasteiger partial charge in [-0.25, -0.2) is 4.79 Å². The summed E-state index contributed by atoms with van der Waals surface area (Å²) in [6.45, 7) is 1.58. The highest BCUT2D eigenvalue weighted by Crippen LogP contribution is 2.28. The SMILES string of the molecule is CC(C#Cc1ccc(Oc2ccccc2)s1)N(O)C(N)=O. The van der Waals surface area contributed by atoms with E-state index in [1.807, 2.05) is 42.5 Å². The van der Waals surface area contributed by atoms with Crippen LogP contribution in [0.25, 0.3) is 0 Å². The Kier molecular flexibility index (Phi) is 4.82. The van der Waals surface area contributed by atoms with Gasteiger partial charge in [-0.1, -0.05) is 41.4 Å². The van der Waals surface area contributed by atoms with Crippen molar-refractivity contribution in [2.75, 3.05) is 0 Å². The van der Waals surface area contributed by atoms with Crippen molar-refractivity contribution in [3.63, 3.8) is 0 Å². The van der Waals surface area contributed by atoms with E-state index in [0.717, 1.165) is 10.6 Å². The average molecular weight is 302 g/mol. The molecule has 1 aromatic heterocycles. The van der Waals surface area contributed by atoms with Gasteiger partial charge >= 0.3 is 6.03 Å². The second-order valence-electron chi connectivity index (χ2n) is 4.16. The highest BCUT2D eigenvalue weighted by molar-refractivity contribution is 7.14. The third-order valence-electron chi connectivity index (χ3n) is 2.54. The number of para-hydroxylation sites is 1. The number of urea groups is 1. The largest absolute Gasteiger partial charge is 0.447 e. The number of nitrogens with zero attached hydrogens (tertiary/aromatic N) is 1. The zero-order chi connectivity index (χ0) is 15.2. The summed E-state index contributed by atoms with van der Waals surface area (Å²) in [6.07, 6.45) is 0. The summed E-state index contributed by atoms with van der Waals surface area (Å²) in [6, 6.07) is 11.5. The molecule has 1 aromatic carbocycles. The van der Waals surface area contributed by atoms with Gasteiger partial charge < -0.3 is 10.5 Å². The van der Waals surface area contributed by atoms with Crippen LogP contribution in [0.1, 0.15) is 11.8 Å². The number of carbonyl (C=O) groups excluding carboxylic acids is 1. The van der Waals surface area contributed by atoms with Crippen molar-refractivity contribution >= 4 is 17.4 Å². The zero-order valence-corrected chi connectivity index (χ0v) is 12.1. The summed E-state index contributed by atoms with van der Waals surface area (Å²) in [7, 11) is 0. The molecule has 2 amide bonds. The molecule has 5 nitrogen and oxygen atoms in total. The van der Waals surface area contributed by atoms with Crippen LogP contribution in [0.4, 0.5) is 4.79 Å². The van der Waals surface area contributed by atoms with Crippen LogP contribution < -0.4 is 10.5 Å². The van der Waals surface area contributed by atoms with Crippen molar-refractivity contribution < 1.29 is 14.7 Å². The second kappa shape index (κ2) is 6.79. The first kappa shape index (κ1) is 14.9. The van der Waals surface area contributed by atoms with Gasteiger partial charge in [0, 0.05) is 0 Å². The zero-order valence-electron chi connectivity index (χ0n) is 11.3. The fraction of sp³-hybridized carbons (Fsp3) is 0.133. The van der Waals surface area contributed by atoms with E-state index in [-0.39, 0.29) is 0 Å². The summed E-state index contributed by atoms with van der Waals surface area (Å²) in [5, 5.41) is 10.4. The molecule has 2 rings (SSSR count). The molecule has 0 aliphatic carbocycles. The Morgan fingerprint density at radius 1 is 1.33 bits per heavy atom. The van der Waals surface area contributed by atoms with Crippen molar-refractivity contribution in [3.05, 3.63) is 47.3 Å². The maximum Gasteiger partial charge on any atom is 0.339 e. The number of amides is 2. The number of ether oxygens (including phenoxy) is 1. The van der Waals surface area contributed by atoms with Gasteiger partial charge in [-0.3, -0.25) is 5.21 Å². The van der Waals surface area contributed by atoms with Crippen LogP contribution in [0.15, 0.2) is 42.5 Å². The number of hydrogen-bond donors (Lipinski definition) is 2. The van der Waals surface area contributed by atoms with Crippen LogP contribution in [-0.4, -0.2) is 22.3 Å². The molecule has 1 unspecified atom stereocenters. The Morgan fingerprint density at radius 2 is 2.05 bits per heavy atom. The Balaban J connectivity index is 2.02. The van der Waals surface area contributed by atoms with Crippen LogP contribution in [0, 0.1) is 11.8 Å². The van der Waals surface area contributed by atoms with Crippen LogP contribution in [0.5, 0.6) is 10.8 Å². The highest BCUT2D eigenvalue weighted by atomic mass is 32.1. The lowest BCUT2D eigenvalue weighted by atomic mass is 10.3. The van der Waals surface area contributed by atoms with E-state index in [2.05, 4.69) is 11.8 Å². The predicted octanol–water partition coefficient (Wildman–Crippen LogP) is 3.05. The molecule has 108 valence electrons. The minimum Gasteiger partial charge on any atom is -0.447 e. The lowest BCUT2D eigenvalue weighted by Gasteiger charge is -2.14. The van der Waals surface area contributed by atoms with Crippen LogP contribution in [0.3, 0.4) is 0 Å². The molecule has 0 spiro atoms. The maximum atomic E-state index is 10.8. The Hall–Kier alpha value is -2.49. The fourth-order valence-corrected chi connectivity index (χ4v) is 2.21. The summed E-state index contributed by atoms with van der Waals surface area (Å²) < 4.78 is 5.67. The van der Waals surface area contributed by atoms with Crippen molar-refractivity contribution in [1.29, 1.82) is 0 Å². The smallest absolute Gasteiger partial charge is 0.339 e. The Bertz CT molecular complexity index is 673. The molecule has 0 saturated heterocycles. The molecule has 6 heteroatoms. The number of thiophene rings is 1. The molecular formula is C15H14N2O3S. The van der Waals surface area contributed by atoms with Gasteiger partial charge in [0.25, 0.3) is 0 Å². The number of hydrogen-bond acceptors (Lipinski definition) is 4. The molecule has 0 fully saturated rings. The lowest BCUT2D eigenvalue weighted by Crippen LogP contribution is -2.38. The third-order valence-corrected chi connectivity index (χ3v) is 3.42. The summed E-state index contributed by atoms with van der Waals surface area (Å²) >= 11 is 1.38. The predicted molar refractivity (Wildman–Crippen MR) is 80.4 cm³/mol. The molecule has 0 saturated carbocycles. The summed E-state index contributed by atoms with van der Waals surface area (Å²) in [4.78, 5) is 11.5. The number of primary amides is 1. The first-order valence-corrected chi connectivity index (χ1v) is 6.99. The minimum atomic E-state index is -0.934. The molecule has 1 heterocycles. The first-order valence-electron chi connectivity index (χ1n) is 6.18. The summed E-state index contributed by atoms with van der Waals surface area (Å²) in [5.41, 5.74) is 4.95. The first-order chi connectivity index (χ1) is 10.1. The van der Waals surface area contributed by atoms with Gasteiger partial charge in [0.15, 0.2) is 5.06 Å². The van der Waals surface area contributed by atoms with E-state index < -0.39 is 12.1 Å². The van der Waals surface area contributed by atoms with E-state index in [4.69, 9.17) is 10.5 Å². The number of hydroxylamine groups is 2. The standard InChI is InChI=1S/C15H14N2O3S/c1-11(17(19)15(16)18)7-8-13-9-10-14(21-13)20-12-5-3-2-4-6-12/h2-6,9-11,19H,1H3,(H2,16,18). The van der Waals surface area contributed by atoms with Gasteiger partial charge in [-0.05, 0) is 31.2 Å². The van der Waals surface area contributed by atoms with Crippen LogP contribution >= 0.6 is 11.3 Å². The minimum absolute atomic E-state index is 0.391. The number of nitrogens with two attached hydrogens (primary N) is 1. The monoisotopic (exact) mass is 302 g/mol. The van der Waals surface area contributed by atoms with Crippen LogP contribution in [0.2, 0.25) is 0 Å². The Morgan fingerprint density at radius 3 is 2.71 bits per heavy atom. The Labute approximate surface area is 126 Å². The topological polar surface area (TPSA) is 75.8 Å². The molecular weight excluding hydrogens is 288 g/mol. The quantitative estimate of drug-likeness (QED) is 0.520. The number of carbonyl (C=O) groups is 1. The van der Waals surface area contributed by atoms with Gasteiger partial charge in [0.05, 0.1) is 4.88 Å². The molecule has 2 aromatic rings. The van der Waals surface area contributed by atoms with E-state index in [9.17, 15) is 10.0 Å². The van der Waals surface area contributed by atoms with Gasteiger partial charge in [0.1, 0.15) is 11.8 Å². The third kappa shape index (κ3) is 4.24. The van der Waals surface area contributed by atoms with Crippen molar-refractivity contribution in [1.82, 2.24) is 5.06 Å². The maximum absolute atomic E-state index is 10.8. The van der Waals surface area contributed by atoms with Crippen molar-refractivity contribution in [2.24, 2.45) is 5.73 Å².